The molecule has 0 saturated heterocycles. The van der Waals surface area contributed by atoms with Crippen LogP contribution in [0.2, 0.25) is 0 Å². The first kappa shape index (κ1) is 15.9. The Hall–Kier alpha value is -3.02. The number of nitrogens with two attached hydrogens (primary N) is 1. The van der Waals surface area contributed by atoms with E-state index in [0.717, 1.165) is 18.8 Å². The van der Waals surface area contributed by atoms with Crippen LogP contribution in [-0.4, -0.2) is 24.1 Å². The molecule has 24 heavy (non-hydrogen) atoms. The van der Waals surface area contributed by atoms with E-state index in [1.54, 1.807) is 0 Å². The lowest BCUT2D eigenvalue weighted by atomic mass is 10.1. The van der Waals surface area contributed by atoms with Gasteiger partial charge in [0, 0.05) is 36.1 Å². The molecule has 4 N–H and O–H groups in total. The molecule has 1 heterocycles. The van der Waals surface area contributed by atoms with Gasteiger partial charge in [-0.15, -0.1) is 0 Å². The van der Waals surface area contributed by atoms with Crippen molar-refractivity contribution in [2.75, 3.05) is 18.0 Å². The first-order valence-electron chi connectivity index (χ1n) is 7.81. The second kappa shape index (κ2) is 5.88. The highest BCUT2D eigenvalue weighted by Crippen LogP contribution is 2.33. The third-order valence-electron chi connectivity index (χ3n) is 4.17. The van der Waals surface area contributed by atoms with E-state index in [9.17, 15) is 9.90 Å². The van der Waals surface area contributed by atoms with Gasteiger partial charge >= 0.3 is 0 Å². The quantitative estimate of drug-likeness (QED) is 0.624. The van der Waals surface area contributed by atoms with Crippen molar-refractivity contribution in [2.45, 2.75) is 13.8 Å². The van der Waals surface area contributed by atoms with E-state index >= 15 is 0 Å². The molecule has 0 unspecified atom stereocenters. The molecule has 1 aliphatic heterocycles. The third kappa shape index (κ3) is 2.46. The lowest BCUT2D eigenvalue weighted by Crippen LogP contribution is -2.73. The molecule has 0 radical (unpaired) electrons. The van der Waals surface area contributed by atoms with Gasteiger partial charge in [-0.25, -0.2) is 0 Å². The number of nitrogens with zero attached hydrogens (tertiary/aromatic N) is 1. The maximum absolute atomic E-state index is 11.7. The first-order chi connectivity index (χ1) is 11.5. The van der Waals surface area contributed by atoms with Gasteiger partial charge in [-0.3, -0.25) is 4.79 Å². The number of benzene rings is 2. The highest BCUT2D eigenvalue weighted by atomic mass is 16.5. The summed E-state index contributed by atoms with van der Waals surface area (Å²) in [6.07, 6.45) is 0. The summed E-state index contributed by atoms with van der Waals surface area (Å²) in [6, 6.07) is 7.21. The van der Waals surface area contributed by atoms with Crippen LogP contribution in [0.4, 0.5) is 11.4 Å². The van der Waals surface area contributed by atoms with Crippen LogP contribution >= 0.6 is 0 Å². The standard InChI is InChI=1S/C18H19N3O3/c1-4-21(5-2)11-6-7-13-14(9-11)24-17-15(20-13)12(18(19)23)8-10(3)16(17)22/h6-9,22H,3-5H2,1-2H3,(H2,19,23)/p+1. The third-order valence-corrected chi connectivity index (χ3v) is 4.17. The number of phenolic OH excluding ortho intramolecular Hbond substituents is 1. The number of hydrogen-bond donors (Lipinski definition) is 3. The van der Waals surface area contributed by atoms with E-state index in [1.165, 1.54) is 6.07 Å². The summed E-state index contributed by atoms with van der Waals surface area (Å²) in [7, 11) is 0. The Morgan fingerprint density at radius 1 is 1.33 bits per heavy atom. The molecule has 0 aliphatic carbocycles. The fourth-order valence-electron chi connectivity index (χ4n) is 2.85. The largest absolute Gasteiger partial charge is 0.504 e. The Morgan fingerprint density at radius 3 is 2.67 bits per heavy atom. The van der Waals surface area contributed by atoms with Gasteiger partial charge in [0.2, 0.25) is 17.2 Å². The number of rotatable bonds is 4. The second-order valence-electron chi connectivity index (χ2n) is 5.58. The summed E-state index contributed by atoms with van der Waals surface area (Å²) in [5.74, 6) is 0.0144. The molecular formula is C18H20N3O3+. The van der Waals surface area contributed by atoms with E-state index in [1.807, 2.05) is 18.2 Å². The smallest absolute Gasteiger partial charge is 0.264 e. The van der Waals surface area contributed by atoms with Crippen molar-refractivity contribution >= 4 is 23.9 Å². The Bertz CT molecular complexity index is 934. The van der Waals surface area contributed by atoms with Crippen LogP contribution in [0.1, 0.15) is 24.2 Å². The number of primary amides is 1. The minimum Gasteiger partial charge on any atom is -0.504 e. The van der Waals surface area contributed by atoms with Crippen molar-refractivity contribution in [3.63, 3.8) is 0 Å². The molecule has 0 aromatic heterocycles. The average Bonchev–Trinajstić information content (AvgIpc) is 2.57. The Morgan fingerprint density at radius 2 is 2.04 bits per heavy atom. The topological polar surface area (TPSA) is 89.8 Å². The van der Waals surface area contributed by atoms with Gasteiger partial charge in [0.15, 0.2) is 5.75 Å². The number of carbonyl (C=O) groups is 1. The molecule has 3 rings (SSSR count). The van der Waals surface area contributed by atoms with Crippen LogP contribution in [0.5, 0.6) is 17.2 Å². The number of carbonyl (C=O) groups excluding carboxylic acids is 1. The lowest BCUT2D eigenvalue weighted by Gasteiger charge is -2.22. The minimum atomic E-state index is -0.615. The molecule has 0 fully saturated rings. The van der Waals surface area contributed by atoms with Gasteiger partial charge in [0.25, 0.3) is 11.3 Å². The maximum atomic E-state index is 11.7. The number of anilines is 1. The number of hydrogen-bond acceptors (Lipinski definition) is 4. The number of fused-ring (bicyclic) bond motifs is 2. The highest BCUT2D eigenvalue weighted by molar-refractivity contribution is 5.93. The highest BCUT2D eigenvalue weighted by Gasteiger charge is 2.27. The molecular weight excluding hydrogens is 306 g/mol. The Kier molecular flexibility index (Phi) is 3.89. The van der Waals surface area contributed by atoms with E-state index in [-0.39, 0.29) is 22.3 Å². The second-order valence-corrected chi connectivity index (χ2v) is 5.58. The van der Waals surface area contributed by atoms with Crippen LogP contribution in [0.15, 0.2) is 24.3 Å². The molecule has 0 atom stereocenters. The molecule has 0 bridgehead atoms. The zero-order valence-corrected chi connectivity index (χ0v) is 13.7. The van der Waals surface area contributed by atoms with Crippen LogP contribution in [0, 0.1) is 0 Å². The number of phenols is 1. The van der Waals surface area contributed by atoms with Crippen LogP contribution in [0.3, 0.4) is 0 Å². The Labute approximate surface area is 139 Å². The monoisotopic (exact) mass is 326 g/mol. The Balaban J connectivity index is 2.22. The molecule has 2 aromatic rings. The molecule has 6 heteroatoms. The molecule has 1 amide bonds. The zero-order chi connectivity index (χ0) is 17.4. The van der Waals surface area contributed by atoms with Crippen molar-refractivity contribution in [3.05, 3.63) is 40.4 Å². The van der Waals surface area contributed by atoms with E-state index in [4.69, 9.17) is 10.5 Å². The van der Waals surface area contributed by atoms with Crippen LogP contribution in [0.25, 0.3) is 6.58 Å². The zero-order valence-electron chi connectivity index (χ0n) is 13.7. The molecule has 6 nitrogen and oxygen atoms in total. The summed E-state index contributed by atoms with van der Waals surface area (Å²) >= 11 is 0. The van der Waals surface area contributed by atoms with Crippen molar-refractivity contribution in [1.29, 1.82) is 0 Å². The van der Waals surface area contributed by atoms with E-state index in [0.29, 0.717) is 16.8 Å². The summed E-state index contributed by atoms with van der Waals surface area (Å²) in [6.45, 7) is 9.64. The number of ether oxygens (including phenoxy) is 1. The predicted molar refractivity (Wildman–Crippen MR) is 91.2 cm³/mol. The predicted octanol–water partition coefficient (Wildman–Crippen LogP) is -0.115. The normalized spacial score (nSPS) is 11.8. The van der Waals surface area contributed by atoms with Gasteiger partial charge in [-0.2, -0.15) is 4.99 Å². The molecule has 0 spiro atoms. The summed E-state index contributed by atoms with van der Waals surface area (Å²) in [5.41, 5.74) is 7.38. The average molecular weight is 326 g/mol. The summed E-state index contributed by atoms with van der Waals surface area (Å²) < 4.78 is 5.87. The van der Waals surface area contributed by atoms with Crippen LogP contribution < -0.4 is 30.9 Å². The fraction of sp³-hybridized carbons (Fsp3) is 0.222. The molecule has 1 aliphatic rings. The first-order valence-corrected chi connectivity index (χ1v) is 7.81. The van der Waals surface area contributed by atoms with Crippen LogP contribution in [-0.2, 0) is 0 Å². The molecule has 2 aromatic carbocycles. The van der Waals surface area contributed by atoms with Gasteiger partial charge in [-0.05, 0) is 26.0 Å². The van der Waals surface area contributed by atoms with Gasteiger partial charge < -0.3 is 20.5 Å². The fourth-order valence-corrected chi connectivity index (χ4v) is 2.85. The van der Waals surface area contributed by atoms with Crippen molar-refractivity contribution in [3.8, 4) is 17.2 Å². The SMILES string of the molecule is C=c1cc(C(N)=O)c2c(c1O)Oc1cc(N(CC)CC)ccc1[NH+]=2. The lowest BCUT2D eigenvalue weighted by molar-refractivity contribution is -0.407. The molecule has 0 saturated carbocycles. The number of aromatic hydroxyl groups is 1. The van der Waals surface area contributed by atoms with E-state index in [2.05, 4.69) is 30.3 Å². The van der Waals surface area contributed by atoms with Gasteiger partial charge in [0.05, 0.1) is 0 Å². The van der Waals surface area contributed by atoms with Crippen molar-refractivity contribution in [1.82, 2.24) is 0 Å². The number of nitrogens with one attached hydrogen (secondary N) is 1. The van der Waals surface area contributed by atoms with Gasteiger partial charge in [0.1, 0.15) is 5.56 Å². The maximum Gasteiger partial charge on any atom is 0.264 e. The minimum absolute atomic E-state index is 0.110. The van der Waals surface area contributed by atoms with Crippen molar-refractivity contribution in [2.24, 2.45) is 5.73 Å². The van der Waals surface area contributed by atoms with E-state index < -0.39 is 5.91 Å². The molecule has 124 valence electrons. The summed E-state index contributed by atoms with van der Waals surface area (Å²) in [4.78, 5) is 17.0. The number of amides is 1. The summed E-state index contributed by atoms with van der Waals surface area (Å²) in [5, 5.41) is 10.9. The van der Waals surface area contributed by atoms with Crippen molar-refractivity contribution < 1.29 is 19.6 Å². The van der Waals surface area contributed by atoms with Gasteiger partial charge in [-0.1, -0.05) is 6.58 Å².